The van der Waals surface area contributed by atoms with Crippen LogP contribution in [0.3, 0.4) is 0 Å². The fourth-order valence-electron chi connectivity index (χ4n) is 2.30. The van der Waals surface area contributed by atoms with E-state index in [9.17, 15) is 4.39 Å². The summed E-state index contributed by atoms with van der Waals surface area (Å²) >= 11 is 3.29. The summed E-state index contributed by atoms with van der Waals surface area (Å²) in [5, 5.41) is 3.48. The van der Waals surface area contributed by atoms with Crippen molar-refractivity contribution in [1.29, 1.82) is 0 Å². The van der Waals surface area contributed by atoms with Gasteiger partial charge in [-0.25, -0.2) is 4.39 Å². The first-order valence-electron chi connectivity index (χ1n) is 7.19. The predicted octanol–water partition coefficient (Wildman–Crippen LogP) is 4.58. The molecule has 21 heavy (non-hydrogen) atoms. The van der Waals surface area contributed by atoms with E-state index in [-0.39, 0.29) is 11.9 Å². The van der Waals surface area contributed by atoms with Crippen LogP contribution in [0.2, 0.25) is 0 Å². The van der Waals surface area contributed by atoms with Crippen molar-refractivity contribution in [3.05, 3.63) is 63.6 Å². The second-order valence-electron chi connectivity index (χ2n) is 5.24. The summed E-state index contributed by atoms with van der Waals surface area (Å²) in [5.41, 5.74) is 2.94. The minimum absolute atomic E-state index is 0.0769. The van der Waals surface area contributed by atoms with Crippen molar-refractivity contribution in [3.8, 4) is 0 Å². The first kappa shape index (κ1) is 16.1. The lowest BCUT2D eigenvalue weighted by Crippen LogP contribution is -2.24. The Balaban J connectivity index is 2.23. The average Bonchev–Trinajstić information content (AvgIpc) is 2.45. The van der Waals surface area contributed by atoms with Crippen LogP contribution in [-0.4, -0.2) is 11.5 Å². The van der Waals surface area contributed by atoms with Crippen LogP contribution in [0.25, 0.3) is 0 Å². The van der Waals surface area contributed by atoms with E-state index < -0.39 is 0 Å². The van der Waals surface area contributed by atoms with Gasteiger partial charge in [0.2, 0.25) is 0 Å². The van der Waals surface area contributed by atoms with Gasteiger partial charge in [0, 0.05) is 22.9 Å². The predicted molar refractivity (Wildman–Crippen MR) is 87.8 cm³/mol. The van der Waals surface area contributed by atoms with Gasteiger partial charge in [0.15, 0.2) is 0 Å². The van der Waals surface area contributed by atoms with E-state index in [1.54, 1.807) is 0 Å². The minimum Gasteiger partial charge on any atom is -0.310 e. The molecule has 1 aromatic carbocycles. The van der Waals surface area contributed by atoms with E-state index in [0.717, 1.165) is 28.6 Å². The standard InChI is InChI=1S/C17H20BrFN2/c1-3-6-21-17(14-7-12(2)10-20-11-14)8-13-4-5-15(18)9-16(13)19/h4-5,7,9-11,17,21H,3,6,8H2,1-2H3. The van der Waals surface area contributed by atoms with Crippen LogP contribution < -0.4 is 5.32 Å². The van der Waals surface area contributed by atoms with Crippen molar-refractivity contribution in [2.24, 2.45) is 0 Å². The lowest BCUT2D eigenvalue weighted by molar-refractivity contribution is 0.511. The molecular weight excluding hydrogens is 331 g/mol. The highest BCUT2D eigenvalue weighted by Crippen LogP contribution is 2.22. The van der Waals surface area contributed by atoms with Gasteiger partial charge in [-0.1, -0.05) is 35.0 Å². The molecule has 0 aliphatic rings. The molecule has 2 nitrogen and oxygen atoms in total. The number of nitrogens with one attached hydrogen (secondary N) is 1. The number of hydrogen-bond donors (Lipinski definition) is 1. The summed E-state index contributed by atoms with van der Waals surface area (Å²) in [4.78, 5) is 4.25. The number of aromatic nitrogens is 1. The van der Waals surface area contributed by atoms with Crippen LogP contribution in [0.15, 0.2) is 41.1 Å². The number of nitrogens with zero attached hydrogens (tertiary/aromatic N) is 1. The van der Waals surface area contributed by atoms with Gasteiger partial charge in [0.1, 0.15) is 5.82 Å². The molecule has 2 rings (SSSR count). The van der Waals surface area contributed by atoms with Gasteiger partial charge in [-0.3, -0.25) is 4.98 Å². The zero-order valence-electron chi connectivity index (χ0n) is 12.4. The molecule has 0 bridgehead atoms. The Labute approximate surface area is 133 Å². The van der Waals surface area contributed by atoms with E-state index in [0.29, 0.717) is 12.0 Å². The molecule has 0 saturated carbocycles. The summed E-state index contributed by atoms with van der Waals surface area (Å²) in [6, 6.07) is 7.42. The van der Waals surface area contributed by atoms with Gasteiger partial charge in [0.05, 0.1) is 0 Å². The Bertz CT molecular complexity index is 601. The monoisotopic (exact) mass is 350 g/mol. The molecule has 1 atom stereocenters. The molecule has 1 aromatic heterocycles. The Morgan fingerprint density at radius 2 is 2.10 bits per heavy atom. The van der Waals surface area contributed by atoms with E-state index in [4.69, 9.17) is 0 Å². The van der Waals surface area contributed by atoms with E-state index in [2.05, 4.69) is 39.2 Å². The molecule has 1 heterocycles. The summed E-state index contributed by atoms with van der Waals surface area (Å²) in [6.07, 6.45) is 5.35. The zero-order chi connectivity index (χ0) is 15.2. The van der Waals surface area contributed by atoms with Gasteiger partial charge in [-0.05, 0) is 55.1 Å². The van der Waals surface area contributed by atoms with Crippen molar-refractivity contribution in [3.63, 3.8) is 0 Å². The molecule has 0 aliphatic heterocycles. The fourth-order valence-corrected chi connectivity index (χ4v) is 2.64. The highest BCUT2D eigenvalue weighted by atomic mass is 79.9. The lowest BCUT2D eigenvalue weighted by atomic mass is 9.99. The number of hydrogen-bond acceptors (Lipinski definition) is 2. The third kappa shape index (κ3) is 4.61. The maximum Gasteiger partial charge on any atom is 0.127 e. The van der Waals surface area contributed by atoms with Gasteiger partial charge < -0.3 is 5.32 Å². The van der Waals surface area contributed by atoms with Crippen molar-refractivity contribution < 1.29 is 4.39 Å². The van der Waals surface area contributed by atoms with E-state index >= 15 is 0 Å². The molecule has 2 aromatic rings. The Hall–Kier alpha value is -1.26. The SMILES string of the molecule is CCCNC(Cc1ccc(Br)cc1F)c1cncc(C)c1. The van der Waals surface area contributed by atoms with Crippen LogP contribution in [0, 0.1) is 12.7 Å². The first-order valence-corrected chi connectivity index (χ1v) is 7.98. The van der Waals surface area contributed by atoms with E-state index in [1.165, 1.54) is 6.07 Å². The summed E-state index contributed by atoms with van der Waals surface area (Å²) in [7, 11) is 0. The molecule has 0 fully saturated rings. The fraction of sp³-hybridized carbons (Fsp3) is 0.353. The summed E-state index contributed by atoms with van der Waals surface area (Å²) < 4.78 is 14.8. The van der Waals surface area contributed by atoms with Crippen LogP contribution >= 0.6 is 15.9 Å². The van der Waals surface area contributed by atoms with Gasteiger partial charge >= 0.3 is 0 Å². The van der Waals surface area contributed by atoms with Crippen molar-refractivity contribution in [1.82, 2.24) is 10.3 Å². The average molecular weight is 351 g/mol. The number of aryl methyl sites for hydroxylation is 1. The normalized spacial score (nSPS) is 12.4. The van der Waals surface area contributed by atoms with Gasteiger partial charge in [-0.15, -0.1) is 0 Å². The second-order valence-corrected chi connectivity index (χ2v) is 6.16. The van der Waals surface area contributed by atoms with Crippen LogP contribution in [0.5, 0.6) is 0 Å². The third-order valence-corrected chi connectivity index (χ3v) is 3.87. The van der Waals surface area contributed by atoms with Gasteiger partial charge in [0.25, 0.3) is 0 Å². The topological polar surface area (TPSA) is 24.9 Å². The van der Waals surface area contributed by atoms with Crippen molar-refractivity contribution in [2.45, 2.75) is 32.7 Å². The summed E-state index contributed by atoms with van der Waals surface area (Å²) in [5.74, 6) is -0.173. The molecule has 112 valence electrons. The highest BCUT2D eigenvalue weighted by Gasteiger charge is 2.14. The smallest absolute Gasteiger partial charge is 0.127 e. The molecule has 0 aliphatic carbocycles. The number of halogens is 2. The molecule has 0 spiro atoms. The quantitative estimate of drug-likeness (QED) is 0.824. The number of benzene rings is 1. The lowest BCUT2D eigenvalue weighted by Gasteiger charge is -2.19. The highest BCUT2D eigenvalue weighted by molar-refractivity contribution is 9.10. The van der Waals surface area contributed by atoms with Crippen LogP contribution in [0.1, 0.15) is 36.1 Å². The minimum atomic E-state index is -0.173. The zero-order valence-corrected chi connectivity index (χ0v) is 14.0. The Morgan fingerprint density at radius 3 is 2.76 bits per heavy atom. The largest absolute Gasteiger partial charge is 0.310 e. The molecule has 1 N–H and O–H groups in total. The second kappa shape index (κ2) is 7.66. The van der Waals surface area contributed by atoms with Crippen LogP contribution in [0.4, 0.5) is 4.39 Å². The van der Waals surface area contributed by atoms with Crippen molar-refractivity contribution in [2.75, 3.05) is 6.54 Å². The van der Waals surface area contributed by atoms with Crippen LogP contribution in [-0.2, 0) is 6.42 Å². The molecular formula is C17H20BrFN2. The molecule has 0 radical (unpaired) electrons. The Kier molecular flexibility index (Phi) is 5.88. The Morgan fingerprint density at radius 1 is 1.29 bits per heavy atom. The maximum absolute atomic E-state index is 14.1. The molecule has 0 saturated heterocycles. The number of pyridine rings is 1. The molecule has 0 amide bonds. The van der Waals surface area contributed by atoms with Crippen molar-refractivity contribution >= 4 is 15.9 Å². The number of rotatable bonds is 6. The molecule has 4 heteroatoms. The maximum atomic E-state index is 14.1. The summed E-state index contributed by atoms with van der Waals surface area (Å²) in [6.45, 7) is 5.04. The third-order valence-electron chi connectivity index (χ3n) is 3.38. The molecule has 1 unspecified atom stereocenters. The van der Waals surface area contributed by atoms with E-state index in [1.807, 2.05) is 31.5 Å². The van der Waals surface area contributed by atoms with Gasteiger partial charge in [-0.2, -0.15) is 0 Å². The first-order chi connectivity index (χ1) is 10.1.